The van der Waals surface area contributed by atoms with Gasteiger partial charge >= 0.3 is 0 Å². The van der Waals surface area contributed by atoms with Crippen LogP contribution in [0.2, 0.25) is 0 Å². The second kappa shape index (κ2) is 3.20. The highest BCUT2D eigenvalue weighted by atomic mass is 15.3. The molecule has 0 amide bonds. The van der Waals surface area contributed by atoms with Gasteiger partial charge in [-0.3, -0.25) is 4.68 Å². The van der Waals surface area contributed by atoms with E-state index in [1.807, 2.05) is 34.7 Å². The molecule has 0 fully saturated rings. The number of imidazole rings is 1. The minimum Gasteiger partial charge on any atom is -0.307 e. The molecule has 0 atom stereocenters. The number of rotatable bonds is 1. The van der Waals surface area contributed by atoms with Gasteiger partial charge < -0.3 is 4.40 Å². The summed E-state index contributed by atoms with van der Waals surface area (Å²) in [6.45, 7) is 2.07. The first-order chi connectivity index (χ1) is 7.75. The molecule has 0 bridgehead atoms. The molecular formula is C12H12N4. The third-order valence-electron chi connectivity index (χ3n) is 2.94. The minimum atomic E-state index is 0.959. The fourth-order valence-electron chi connectivity index (χ4n) is 1.86. The summed E-state index contributed by atoms with van der Waals surface area (Å²) in [7, 11) is 1.95. The van der Waals surface area contributed by atoms with Gasteiger partial charge in [0, 0.05) is 36.9 Å². The van der Waals surface area contributed by atoms with Crippen molar-refractivity contribution in [2.24, 2.45) is 7.05 Å². The second-order valence-electron chi connectivity index (χ2n) is 3.88. The van der Waals surface area contributed by atoms with Crippen molar-refractivity contribution in [2.45, 2.75) is 6.92 Å². The van der Waals surface area contributed by atoms with E-state index in [1.54, 1.807) is 6.20 Å². The Morgan fingerprint density at radius 1 is 1.25 bits per heavy atom. The number of aryl methyl sites for hydroxylation is 1. The number of pyridine rings is 1. The molecule has 0 saturated carbocycles. The van der Waals surface area contributed by atoms with Crippen LogP contribution in [-0.4, -0.2) is 19.2 Å². The predicted octanol–water partition coefficient (Wildman–Crippen LogP) is 2.04. The maximum Gasteiger partial charge on any atom is 0.137 e. The molecule has 0 aliphatic heterocycles. The largest absolute Gasteiger partial charge is 0.307 e. The molecule has 0 aliphatic rings. The van der Waals surface area contributed by atoms with Gasteiger partial charge in [-0.15, -0.1) is 0 Å². The molecule has 4 heteroatoms. The molecule has 80 valence electrons. The van der Waals surface area contributed by atoms with Gasteiger partial charge in [-0.2, -0.15) is 5.10 Å². The van der Waals surface area contributed by atoms with Gasteiger partial charge in [0.15, 0.2) is 0 Å². The number of hydrogen-bond acceptors (Lipinski definition) is 2. The summed E-state index contributed by atoms with van der Waals surface area (Å²) in [4.78, 5) is 4.28. The molecule has 0 saturated heterocycles. The lowest BCUT2D eigenvalue weighted by Gasteiger charge is -2.01. The van der Waals surface area contributed by atoms with E-state index < -0.39 is 0 Å². The molecule has 16 heavy (non-hydrogen) atoms. The standard InChI is InChI=1S/C12H12N4/c1-9-11(8-14-15(9)2)10-3-5-16-6-4-13-12(16)7-10/h3-8H,1-2H3. The molecule has 0 aromatic carbocycles. The highest BCUT2D eigenvalue weighted by Gasteiger charge is 2.07. The van der Waals surface area contributed by atoms with Crippen LogP contribution in [0.25, 0.3) is 16.8 Å². The number of aromatic nitrogens is 4. The Kier molecular flexibility index (Phi) is 1.83. The van der Waals surface area contributed by atoms with E-state index in [0.29, 0.717) is 0 Å². The molecule has 0 aliphatic carbocycles. The summed E-state index contributed by atoms with van der Waals surface area (Å²) in [6, 6.07) is 4.16. The molecule has 0 unspecified atom stereocenters. The first-order valence-electron chi connectivity index (χ1n) is 5.17. The third-order valence-corrected chi connectivity index (χ3v) is 2.94. The maximum atomic E-state index is 4.28. The highest BCUT2D eigenvalue weighted by molar-refractivity contribution is 5.68. The Balaban J connectivity index is 2.21. The lowest BCUT2D eigenvalue weighted by molar-refractivity contribution is 0.740. The van der Waals surface area contributed by atoms with Crippen molar-refractivity contribution < 1.29 is 0 Å². The van der Waals surface area contributed by atoms with Gasteiger partial charge in [-0.1, -0.05) is 0 Å². The van der Waals surface area contributed by atoms with Crippen molar-refractivity contribution in [3.05, 3.63) is 42.6 Å². The molecule has 3 heterocycles. The third kappa shape index (κ3) is 1.23. The Morgan fingerprint density at radius 2 is 2.12 bits per heavy atom. The smallest absolute Gasteiger partial charge is 0.137 e. The normalized spacial score (nSPS) is 11.1. The Morgan fingerprint density at radius 3 is 2.88 bits per heavy atom. The number of fused-ring (bicyclic) bond motifs is 1. The zero-order valence-electron chi connectivity index (χ0n) is 9.25. The van der Waals surface area contributed by atoms with Crippen LogP contribution < -0.4 is 0 Å². The fraction of sp³-hybridized carbons (Fsp3) is 0.167. The quantitative estimate of drug-likeness (QED) is 0.618. The van der Waals surface area contributed by atoms with Gasteiger partial charge in [0.25, 0.3) is 0 Å². The molecule has 0 radical (unpaired) electrons. The Hall–Kier alpha value is -2.10. The van der Waals surface area contributed by atoms with E-state index in [1.165, 1.54) is 0 Å². The van der Waals surface area contributed by atoms with E-state index in [-0.39, 0.29) is 0 Å². The highest BCUT2D eigenvalue weighted by Crippen LogP contribution is 2.23. The van der Waals surface area contributed by atoms with Crippen LogP contribution >= 0.6 is 0 Å². The van der Waals surface area contributed by atoms with Crippen molar-refractivity contribution in [3.63, 3.8) is 0 Å². The molecule has 4 nitrogen and oxygen atoms in total. The number of nitrogens with zero attached hydrogens (tertiary/aromatic N) is 4. The van der Waals surface area contributed by atoms with Crippen molar-refractivity contribution in [2.75, 3.05) is 0 Å². The molecular weight excluding hydrogens is 200 g/mol. The topological polar surface area (TPSA) is 35.1 Å². The first kappa shape index (κ1) is 9.15. The van der Waals surface area contributed by atoms with Gasteiger partial charge in [0.05, 0.1) is 6.20 Å². The molecule has 3 rings (SSSR count). The average Bonchev–Trinajstić information content (AvgIpc) is 2.86. The summed E-state index contributed by atoms with van der Waals surface area (Å²) in [5.41, 5.74) is 4.44. The van der Waals surface area contributed by atoms with Crippen molar-refractivity contribution >= 4 is 5.65 Å². The van der Waals surface area contributed by atoms with Crippen LogP contribution in [0, 0.1) is 6.92 Å². The Bertz CT molecular complexity index is 648. The molecule has 3 aromatic heterocycles. The predicted molar refractivity (Wildman–Crippen MR) is 62.1 cm³/mol. The summed E-state index contributed by atoms with van der Waals surface area (Å²) in [5, 5.41) is 4.25. The van der Waals surface area contributed by atoms with Crippen LogP contribution in [0.1, 0.15) is 5.69 Å². The van der Waals surface area contributed by atoms with Crippen LogP contribution in [0.15, 0.2) is 36.9 Å². The van der Waals surface area contributed by atoms with Crippen molar-refractivity contribution in [3.8, 4) is 11.1 Å². The zero-order chi connectivity index (χ0) is 11.1. The van der Waals surface area contributed by atoms with Crippen molar-refractivity contribution in [1.82, 2.24) is 19.2 Å². The van der Waals surface area contributed by atoms with E-state index in [9.17, 15) is 0 Å². The lowest BCUT2D eigenvalue weighted by atomic mass is 10.1. The fourth-order valence-corrected chi connectivity index (χ4v) is 1.86. The van der Waals surface area contributed by atoms with E-state index in [0.717, 1.165) is 22.5 Å². The maximum absolute atomic E-state index is 4.28. The van der Waals surface area contributed by atoms with Gasteiger partial charge in [-0.05, 0) is 24.6 Å². The van der Waals surface area contributed by atoms with Crippen LogP contribution in [0.3, 0.4) is 0 Å². The summed E-state index contributed by atoms with van der Waals surface area (Å²) in [6.07, 6.45) is 7.65. The monoisotopic (exact) mass is 212 g/mol. The average molecular weight is 212 g/mol. The molecule has 0 N–H and O–H groups in total. The lowest BCUT2D eigenvalue weighted by Crippen LogP contribution is -1.92. The molecule has 0 spiro atoms. The minimum absolute atomic E-state index is 0.959. The van der Waals surface area contributed by atoms with Crippen LogP contribution in [0.5, 0.6) is 0 Å². The van der Waals surface area contributed by atoms with E-state index >= 15 is 0 Å². The van der Waals surface area contributed by atoms with Crippen molar-refractivity contribution in [1.29, 1.82) is 0 Å². The summed E-state index contributed by atoms with van der Waals surface area (Å²) < 4.78 is 3.88. The first-order valence-corrected chi connectivity index (χ1v) is 5.17. The van der Waals surface area contributed by atoms with Crippen LogP contribution in [0.4, 0.5) is 0 Å². The van der Waals surface area contributed by atoms with Gasteiger partial charge in [0.1, 0.15) is 5.65 Å². The summed E-state index contributed by atoms with van der Waals surface area (Å²) in [5.74, 6) is 0. The van der Waals surface area contributed by atoms with Crippen LogP contribution in [-0.2, 0) is 7.05 Å². The SMILES string of the molecule is Cc1c(-c2ccn3ccnc3c2)cnn1C. The van der Waals surface area contributed by atoms with E-state index in [2.05, 4.69) is 29.1 Å². The van der Waals surface area contributed by atoms with Gasteiger partial charge in [0.2, 0.25) is 0 Å². The van der Waals surface area contributed by atoms with Gasteiger partial charge in [-0.25, -0.2) is 4.98 Å². The zero-order valence-corrected chi connectivity index (χ0v) is 9.25. The molecule has 3 aromatic rings. The Labute approximate surface area is 93.2 Å². The summed E-state index contributed by atoms with van der Waals surface area (Å²) >= 11 is 0. The van der Waals surface area contributed by atoms with E-state index in [4.69, 9.17) is 0 Å². The second-order valence-corrected chi connectivity index (χ2v) is 3.88. The number of hydrogen-bond donors (Lipinski definition) is 0.